The number of pyridine rings is 1. The molecule has 1 fully saturated rings. The monoisotopic (exact) mass is 463 g/mol. The Labute approximate surface area is 193 Å². The normalized spacial score (nSPS) is 25.1. The number of piperidine rings is 1. The van der Waals surface area contributed by atoms with E-state index in [0.29, 0.717) is 36.5 Å². The molecule has 6 heterocycles. The molecule has 4 aliphatic heterocycles. The predicted octanol–water partition coefficient (Wildman–Crippen LogP) is -0.534. The van der Waals surface area contributed by atoms with Gasteiger partial charge in [-0.3, -0.25) is 29.4 Å². The van der Waals surface area contributed by atoms with Crippen LogP contribution in [-0.2, 0) is 24.0 Å². The molecule has 0 spiro atoms. The molecule has 12 heteroatoms. The largest absolute Gasteiger partial charge is 0.362 e. The van der Waals surface area contributed by atoms with E-state index in [-0.39, 0.29) is 19.4 Å². The van der Waals surface area contributed by atoms with Gasteiger partial charge in [0.05, 0.1) is 23.8 Å². The van der Waals surface area contributed by atoms with Gasteiger partial charge in [-0.2, -0.15) is 5.10 Å². The molecule has 4 aliphatic rings. The second-order valence-electron chi connectivity index (χ2n) is 8.56. The number of aliphatic imine (C=N–C) groups is 1. The molecular formula is C22H21N7O5. The third kappa shape index (κ3) is 3.17. The Morgan fingerprint density at radius 1 is 1.12 bits per heavy atom. The lowest BCUT2D eigenvalue weighted by atomic mass is 10.0. The highest BCUT2D eigenvalue weighted by molar-refractivity contribution is 6.21. The number of aromatic nitrogens is 2. The summed E-state index contributed by atoms with van der Waals surface area (Å²) < 4.78 is 1.74. The third-order valence-electron chi connectivity index (χ3n) is 6.50. The summed E-state index contributed by atoms with van der Waals surface area (Å²) in [4.78, 5) is 63.3. The van der Waals surface area contributed by atoms with Crippen molar-refractivity contribution < 1.29 is 24.0 Å². The SMILES string of the molecule is O=C1CCC(N2C(=O)C3=C(C2=O)N(CC2N=C(c4cnn5ccccc45)NO2)CCC3)C(=O)N1. The molecule has 0 aliphatic carbocycles. The number of nitrogens with zero attached hydrogens (tertiary/aromatic N) is 5. The van der Waals surface area contributed by atoms with Gasteiger partial charge in [-0.25, -0.2) is 19.8 Å². The second-order valence-corrected chi connectivity index (χ2v) is 8.56. The standard InChI is InChI=1S/C22H21N7O5/c30-16-7-6-15(20(31)24-16)29-21(32)12-4-3-8-27(18(12)22(29)33)11-17-25-19(26-34-17)13-10-23-28-9-2-1-5-14(13)28/h1-2,5,9-10,15,17H,3-4,6-8,11H2,(H,25,26)(H,24,30,31). The fourth-order valence-electron chi connectivity index (χ4n) is 4.91. The number of fused-ring (bicyclic) bond motifs is 1. The number of hydroxylamine groups is 1. The first kappa shape index (κ1) is 20.5. The predicted molar refractivity (Wildman–Crippen MR) is 116 cm³/mol. The minimum Gasteiger partial charge on any atom is -0.362 e. The van der Waals surface area contributed by atoms with Crippen molar-refractivity contribution in [3.63, 3.8) is 0 Å². The van der Waals surface area contributed by atoms with Crippen molar-refractivity contribution >= 4 is 35.0 Å². The number of imide groups is 2. The molecule has 6 rings (SSSR count). The average Bonchev–Trinajstić information content (AvgIpc) is 3.52. The molecule has 174 valence electrons. The van der Waals surface area contributed by atoms with Crippen molar-refractivity contribution in [2.24, 2.45) is 4.99 Å². The van der Waals surface area contributed by atoms with Crippen LogP contribution in [0.4, 0.5) is 0 Å². The number of amidine groups is 1. The Balaban J connectivity index is 1.22. The quantitative estimate of drug-likeness (QED) is 0.577. The van der Waals surface area contributed by atoms with Gasteiger partial charge in [0.1, 0.15) is 11.7 Å². The van der Waals surface area contributed by atoms with Crippen LogP contribution in [0.5, 0.6) is 0 Å². The lowest BCUT2D eigenvalue weighted by molar-refractivity contribution is -0.150. The first-order valence-corrected chi connectivity index (χ1v) is 11.1. The second kappa shape index (κ2) is 7.76. The summed E-state index contributed by atoms with van der Waals surface area (Å²) >= 11 is 0. The van der Waals surface area contributed by atoms with E-state index >= 15 is 0 Å². The maximum absolute atomic E-state index is 13.3. The van der Waals surface area contributed by atoms with Crippen molar-refractivity contribution in [2.45, 2.75) is 38.0 Å². The Morgan fingerprint density at radius 2 is 2.00 bits per heavy atom. The molecule has 2 aromatic heterocycles. The molecule has 34 heavy (non-hydrogen) atoms. The van der Waals surface area contributed by atoms with Gasteiger partial charge in [0, 0.05) is 24.7 Å². The van der Waals surface area contributed by atoms with Crippen LogP contribution in [0.25, 0.3) is 5.52 Å². The average molecular weight is 463 g/mol. The van der Waals surface area contributed by atoms with Gasteiger partial charge in [0.2, 0.25) is 11.8 Å². The Hall–Kier alpha value is -4.06. The number of carbonyl (C=O) groups excluding carboxylic acids is 4. The molecule has 2 aromatic rings. The summed E-state index contributed by atoms with van der Waals surface area (Å²) in [5, 5.41) is 6.53. The van der Waals surface area contributed by atoms with Crippen molar-refractivity contribution in [1.82, 2.24) is 30.2 Å². The number of nitrogens with one attached hydrogen (secondary N) is 2. The van der Waals surface area contributed by atoms with Crippen LogP contribution >= 0.6 is 0 Å². The molecule has 0 saturated carbocycles. The summed E-state index contributed by atoms with van der Waals surface area (Å²) in [5.74, 6) is -1.44. The van der Waals surface area contributed by atoms with Gasteiger partial charge in [-0.15, -0.1) is 0 Å². The summed E-state index contributed by atoms with van der Waals surface area (Å²) in [6.45, 7) is 0.819. The van der Waals surface area contributed by atoms with E-state index in [1.807, 2.05) is 24.4 Å². The van der Waals surface area contributed by atoms with Gasteiger partial charge in [-0.05, 0) is 31.4 Å². The zero-order valence-corrected chi connectivity index (χ0v) is 18.1. The van der Waals surface area contributed by atoms with E-state index in [2.05, 4.69) is 20.9 Å². The van der Waals surface area contributed by atoms with E-state index in [4.69, 9.17) is 4.84 Å². The van der Waals surface area contributed by atoms with E-state index in [1.54, 1.807) is 15.6 Å². The topological polar surface area (TPSA) is 138 Å². The number of hydrogen-bond donors (Lipinski definition) is 2. The first-order chi connectivity index (χ1) is 16.5. The third-order valence-corrected chi connectivity index (χ3v) is 6.50. The molecule has 0 bridgehead atoms. The van der Waals surface area contributed by atoms with Crippen molar-refractivity contribution in [2.75, 3.05) is 13.1 Å². The summed E-state index contributed by atoms with van der Waals surface area (Å²) in [6.07, 6.45) is 4.30. The number of hydrogen-bond acceptors (Lipinski definition) is 9. The molecule has 2 unspecified atom stereocenters. The smallest absolute Gasteiger partial charge is 0.278 e. The Morgan fingerprint density at radius 3 is 2.85 bits per heavy atom. The zero-order chi connectivity index (χ0) is 23.4. The van der Waals surface area contributed by atoms with Crippen LogP contribution < -0.4 is 10.8 Å². The van der Waals surface area contributed by atoms with E-state index < -0.39 is 35.9 Å². The fraction of sp³-hybridized carbons (Fsp3) is 0.364. The molecule has 12 nitrogen and oxygen atoms in total. The molecule has 2 atom stereocenters. The molecule has 1 saturated heterocycles. The Bertz CT molecular complexity index is 1310. The van der Waals surface area contributed by atoms with Crippen molar-refractivity contribution in [3.05, 3.63) is 47.4 Å². The summed E-state index contributed by atoms with van der Waals surface area (Å²) in [7, 11) is 0. The van der Waals surface area contributed by atoms with Crippen LogP contribution in [0.1, 0.15) is 31.2 Å². The highest BCUT2D eigenvalue weighted by Crippen LogP contribution is 2.34. The lowest BCUT2D eigenvalue weighted by Crippen LogP contribution is -2.55. The molecule has 0 aromatic carbocycles. The van der Waals surface area contributed by atoms with Crippen LogP contribution in [0, 0.1) is 0 Å². The van der Waals surface area contributed by atoms with Gasteiger partial charge >= 0.3 is 0 Å². The van der Waals surface area contributed by atoms with Crippen molar-refractivity contribution in [3.8, 4) is 0 Å². The maximum atomic E-state index is 13.3. The van der Waals surface area contributed by atoms with Gasteiger partial charge < -0.3 is 4.90 Å². The minimum absolute atomic E-state index is 0.0878. The lowest BCUT2D eigenvalue weighted by Gasteiger charge is -2.31. The van der Waals surface area contributed by atoms with Crippen LogP contribution in [-0.4, -0.2) is 74.2 Å². The van der Waals surface area contributed by atoms with Crippen molar-refractivity contribution in [1.29, 1.82) is 0 Å². The van der Waals surface area contributed by atoms with E-state index in [9.17, 15) is 19.2 Å². The van der Waals surface area contributed by atoms with Gasteiger partial charge in [0.15, 0.2) is 12.1 Å². The van der Waals surface area contributed by atoms with Crippen LogP contribution in [0.15, 0.2) is 46.9 Å². The maximum Gasteiger partial charge on any atom is 0.278 e. The van der Waals surface area contributed by atoms with Gasteiger partial charge in [0.25, 0.3) is 11.8 Å². The summed E-state index contributed by atoms with van der Waals surface area (Å²) in [6, 6.07) is 4.74. The highest BCUT2D eigenvalue weighted by atomic mass is 16.7. The number of rotatable bonds is 4. The highest BCUT2D eigenvalue weighted by Gasteiger charge is 2.48. The zero-order valence-electron chi connectivity index (χ0n) is 18.1. The molecule has 2 N–H and O–H groups in total. The summed E-state index contributed by atoms with van der Waals surface area (Å²) in [5.41, 5.74) is 5.21. The number of amides is 4. The molecule has 4 amide bonds. The van der Waals surface area contributed by atoms with Crippen LogP contribution in [0.3, 0.4) is 0 Å². The van der Waals surface area contributed by atoms with Gasteiger partial charge in [-0.1, -0.05) is 6.07 Å². The van der Waals surface area contributed by atoms with E-state index in [1.165, 1.54) is 0 Å². The number of carbonyl (C=O) groups is 4. The first-order valence-electron chi connectivity index (χ1n) is 11.1. The molecule has 0 radical (unpaired) electrons. The fourth-order valence-corrected chi connectivity index (χ4v) is 4.91. The molecular weight excluding hydrogens is 442 g/mol. The van der Waals surface area contributed by atoms with Crippen LogP contribution in [0.2, 0.25) is 0 Å². The Kier molecular flexibility index (Phi) is 4.69. The van der Waals surface area contributed by atoms with E-state index in [0.717, 1.165) is 16.0 Å². The minimum atomic E-state index is -0.977.